The van der Waals surface area contributed by atoms with E-state index in [4.69, 9.17) is 0 Å². The highest BCUT2D eigenvalue weighted by Gasteiger charge is 2.29. The summed E-state index contributed by atoms with van der Waals surface area (Å²) in [6.45, 7) is 7.80. The maximum atomic E-state index is 4.50. The summed E-state index contributed by atoms with van der Waals surface area (Å²) in [7, 11) is 0. The van der Waals surface area contributed by atoms with Crippen LogP contribution >= 0.6 is 15.9 Å². The number of aromatic nitrogens is 2. The molecule has 0 radical (unpaired) electrons. The topological polar surface area (TPSA) is 29.9 Å². The van der Waals surface area contributed by atoms with E-state index in [1.165, 1.54) is 23.0 Å². The summed E-state index contributed by atoms with van der Waals surface area (Å²) >= 11 is 3.68. The van der Waals surface area contributed by atoms with Crippen LogP contribution in [0.25, 0.3) is 0 Å². The first kappa shape index (κ1) is 13.1. The Labute approximate surface area is 112 Å². The molecule has 1 saturated heterocycles. The molecule has 1 aliphatic heterocycles. The average Bonchev–Trinajstić information content (AvgIpc) is 2.71. The molecule has 17 heavy (non-hydrogen) atoms. The van der Waals surface area contributed by atoms with Crippen molar-refractivity contribution < 1.29 is 0 Å². The minimum atomic E-state index is 0.657. The van der Waals surface area contributed by atoms with Crippen molar-refractivity contribution in [1.82, 2.24) is 15.1 Å². The molecule has 1 fully saturated rings. The Balaban J connectivity index is 2.26. The third-order valence-electron chi connectivity index (χ3n) is 3.75. The van der Waals surface area contributed by atoms with Gasteiger partial charge in [-0.05, 0) is 47.8 Å². The Morgan fingerprint density at radius 2 is 2.35 bits per heavy atom. The van der Waals surface area contributed by atoms with E-state index in [0.717, 1.165) is 32.0 Å². The van der Waals surface area contributed by atoms with Crippen LogP contribution in [-0.2, 0) is 6.54 Å². The van der Waals surface area contributed by atoms with E-state index >= 15 is 0 Å². The zero-order valence-corrected chi connectivity index (χ0v) is 12.3. The lowest BCUT2D eigenvalue weighted by Gasteiger charge is -2.32. The second kappa shape index (κ2) is 6.01. The molecule has 1 aromatic rings. The van der Waals surface area contributed by atoms with E-state index in [1.54, 1.807) is 0 Å². The Bertz CT molecular complexity index is 362. The fraction of sp³-hybridized carbons (Fsp3) is 0.769. The van der Waals surface area contributed by atoms with Crippen molar-refractivity contribution in [2.75, 3.05) is 13.1 Å². The summed E-state index contributed by atoms with van der Waals surface area (Å²) in [4.78, 5) is 0. The summed E-state index contributed by atoms with van der Waals surface area (Å²) < 4.78 is 3.39. The molecular formula is C13H22BrN3. The van der Waals surface area contributed by atoms with Crippen molar-refractivity contribution in [3.8, 4) is 0 Å². The van der Waals surface area contributed by atoms with Gasteiger partial charge in [-0.3, -0.25) is 4.68 Å². The molecule has 3 nitrogen and oxygen atoms in total. The van der Waals surface area contributed by atoms with Crippen molar-refractivity contribution in [3.05, 3.63) is 16.4 Å². The monoisotopic (exact) mass is 299 g/mol. The molecule has 0 bridgehead atoms. The minimum absolute atomic E-state index is 0.657. The highest BCUT2D eigenvalue weighted by molar-refractivity contribution is 9.10. The molecule has 0 aliphatic carbocycles. The molecule has 0 saturated carbocycles. The summed E-state index contributed by atoms with van der Waals surface area (Å²) in [5.41, 5.74) is 1.42. The molecule has 1 aliphatic rings. The van der Waals surface area contributed by atoms with Gasteiger partial charge in [-0.1, -0.05) is 20.3 Å². The van der Waals surface area contributed by atoms with Gasteiger partial charge in [0.15, 0.2) is 0 Å². The van der Waals surface area contributed by atoms with Crippen LogP contribution < -0.4 is 5.32 Å². The Morgan fingerprint density at radius 3 is 3.06 bits per heavy atom. The van der Waals surface area contributed by atoms with Gasteiger partial charge >= 0.3 is 0 Å². The quantitative estimate of drug-likeness (QED) is 0.925. The number of rotatable bonds is 4. The van der Waals surface area contributed by atoms with Crippen molar-refractivity contribution in [3.63, 3.8) is 0 Å². The molecule has 2 unspecified atom stereocenters. The fourth-order valence-electron chi connectivity index (χ4n) is 2.84. The van der Waals surface area contributed by atoms with E-state index in [9.17, 15) is 0 Å². The van der Waals surface area contributed by atoms with Gasteiger partial charge in [0.2, 0.25) is 0 Å². The molecule has 96 valence electrons. The van der Waals surface area contributed by atoms with Crippen LogP contribution in [0.4, 0.5) is 0 Å². The van der Waals surface area contributed by atoms with Gasteiger partial charge in [-0.2, -0.15) is 5.10 Å². The number of halogens is 1. The maximum absolute atomic E-state index is 4.50. The molecule has 0 spiro atoms. The van der Waals surface area contributed by atoms with Gasteiger partial charge < -0.3 is 5.32 Å². The molecule has 0 amide bonds. The summed E-state index contributed by atoms with van der Waals surface area (Å²) in [6, 6.07) is 0. The van der Waals surface area contributed by atoms with Gasteiger partial charge in [-0.15, -0.1) is 0 Å². The maximum Gasteiger partial charge on any atom is 0.0635 e. The van der Waals surface area contributed by atoms with Crippen LogP contribution in [0.1, 0.15) is 44.7 Å². The van der Waals surface area contributed by atoms with Crippen LogP contribution in [0.2, 0.25) is 0 Å². The molecule has 1 aromatic heterocycles. The lowest BCUT2D eigenvalue weighted by molar-refractivity contribution is 0.302. The van der Waals surface area contributed by atoms with Crippen LogP contribution in [-0.4, -0.2) is 22.9 Å². The molecule has 2 atom stereocenters. The normalized spacial score (nSPS) is 25.1. The SMILES string of the molecule is CCCn1ncc(Br)c1C1CCNCC1CC. The molecule has 1 N–H and O–H groups in total. The zero-order chi connectivity index (χ0) is 12.3. The standard InChI is InChI=1S/C13H22BrN3/c1-3-7-17-13(12(14)9-16-17)11-5-6-15-8-10(11)4-2/h9-11,15H,3-8H2,1-2H3. The number of hydrogen-bond donors (Lipinski definition) is 1. The summed E-state index contributed by atoms with van der Waals surface area (Å²) in [5, 5.41) is 8.00. The second-order valence-electron chi connectivity index (χ2n) is 4.87. The lowest BCUT2D eigenvalue weighted by atomic mass is 9.82. The smallest absolute Gasteiger partial charge is 0.0635 e. The van der Waals surface area contributed by atoms with Crippen molar-refractivity contribution in [2.24, 2.45) is 5.92 Å². The Morgan fingerprint density at radius 1 is 1.53 bits per heavy atom. The third kappa shape index (κ3) is 2.74. The number of aryl methyl sites for hydroxylation is 1. The first-order valence-electron chi connectivity index (χ1n) is 6.69. The number of hydrogen-bond acceptors (Lipinski definition) is 2. The molecule has 4 heteroatoms. The van der Waals surface area contributed by atoms with Gasteiger partial charge in [0, 0.05) is 12.5 Å². The minimum Gasteiger partial charge on any atom is -0.316 e. The van der Waals surface area contributed by atoms with Crippen LogP contribution in [0.5, 0.6) is 0 Å². The highest BCUT2D eigenvalue weighted by Crippen LogP contribution is 2.36. The van der Waals surface area contributed by atoms with E-state index < -0.39 is 0 Å². The van der Waals surface area contributed by atoms with Crippen molar-refractivity contribution in [1.29, 1.82) is 0 Å². The van der Waals surface area contributed by atoms with Gasteiger partial charge in [0.1, 0.15) is 0 Å². The van der Waals surface area contributed by atoms with E-state index in [0.29, 0.717) is 5.92 Å². The van der Waals surface area contributed by atoms with Crippen LogP contribution in [0.15, 0.2) is 10.7 Å². The van der Waals surface area contributed by atoms with Crippen LogP contribution in [0.3, 0.4) is 0 Å². The average molecular weight is 300 g/mol. The molecule has 2 heterocycles. The van der Waals surface area contributed by atoms with Crippen LogP contribution in [0, 0.1) is 5.92 Å². The van der Waals surface area contributed by atoms with Crippen molar-refractivity contribution in [2.45, 2.75) is 45.6 Å². The molecule has 0 aromatic carbocycles. The first-order valence-corrected chi connectivity index (χ1v) is 7.49. The Hall–Kier alpha value is -0.350. The van der Waals surface area contributed by atoms with E-state index in [2.05, 4.69) is 44.9 Å². The number of nitrogens with one attached hydrogen (secondary N) is 1. The summed E-state index contributed by atoms with van der Waals surface area (Å²) in [6.07, 6.45) is 5.57. The predicted molar refractivity (Wildman–Crippen MR) is 74.2 cm³/mol. The van der Waals surface area contributed by atoms with Gasteiger partial charge in [0.05, 0.1) is 16.4 Å². The second-order valence-corrected chi connectivity index (χ2v) is 5.72. The van der Waals surface area contributed by atoms with E-state index in [-0.39, 0.29) is 0 Å². The third-order valence-corrected chi connectivity index (χ3v) is 4.36. The Kier molecular flexibility index (Phi) is 4.62. The predicted octanol–water partition coefficient (Wildman–Crippen LogP) is 3.16. The van der Waals surface area contributed by atoms with Crippen molar-refractivity contribution >= 4 is 15.9 Å². The first-order chi connectivity index (χ1) is 8.27. The van der Waals surface area contributed by atoms with Gasteiger partial charge in [0.25, 0.3) is 0 Å². The number of piperidine rings is 1. The lowest BCUT2D eigenvalue weighted by Crippen LogP contribution is -2.36. The summed E-state index contributed by atoms with van der Waals surface area (Å²) in [5.74, 6) is 1.40. The fourth-order valence-corrected chi connectivity index (χ4v) is 3.43. The highest BCUT2D eigenvalue weighted by atomic mass is 79.9. The largest absolute Gasteiger partial charge is 0.316 e. The van der Waals surface area contributed by atoms with E-state index in [1.807, 2.05) is 6.20 Å². The molecule has 2 rings (SSSR count). The molecular weight excluding hydrogens is 278 g/mol. The zero-order valence-electron chi connectivity index (χ0n) is 10.7. The number of nitrogens with zero attached hydrogens (tertiary/aromatic N) is 2. The van der Waals surface area contributed by atoms with Gasteiger partial charge in [-0.25, -0.2) is 0 Å².